The van der Waals surface area contributed by atoms with Crippen LogP contribution in [0.1, 0.15) is 0 Å². The number of rotatable bonds is 4. The van der Waals surface area contributed by atoms with E-state index in [1.165, 1.54) is 10.8 Å². The summed E-state index contributed by atoms with van der Waals surface area (Å²) in [7, 11) is 0. The van der Waals surface area contributed by atoms with Crippen LogP contribution in [0, 0.1) is 0 Å². The van der Waals surface area contributed by atoms with Gasteiger partial charge in [0.2, 0.25) is 5.95 Å². The summed E-state index contributed by atoms with van der Waals surface area (Å²) in [5.41, 5.74) is 7.06. The summed E-state index contributed by atoms with van der Waals surface area (Å²) in [6.45, 7) is 0. The number of fused-ring (bicyclic) bond motifs is 7. The van der Waals surface area contributed by atoms with Crippen molar-refractivity contribution in [2.75, 3.05) is 0 Å². The first-order chi connectivity index (χ1) is 21.8. The molecular weight excluding hydrogens is 540 g/mol. The zero-order chi connectivity index (χ0) is 29.0. The van der Waals surface area contributed by atoms with E-state index in [-0.39, 0.29) is 0 Å². The molecule has 0 bridgehead atoms. The second-order valence-electron chi connectivity index (χ2n) is 10.8. The van der Waals surface area contributed by atoms with Gasteiger partial charge in [-0.15, -0.1) is 0 Å². The molecule has 0 saturated heterocycles. The number of benzene rings is 5. The van der Waals surface area contributed by atoms with Crippen molar-refractivity contribution in [2.45, 2.75) is 0 Å². The number of nitrogens with zero attached hydrogens (tertiary/aromatic N) is 6. The SMILES string of the molecule is c1ccc(-c2nc(-c3ccccc3)nc(-n3c4ccc5c(c6ccccc6n5-c5ccccc5)c4c4cccnc43)n2)cc1. The lowest BCUT2D eigenvalue weighted by atomic mass is 10.1. The first-order valence-electron chi connectivity index (χ1n) is 14.6. The lowest BCUT2D eigenvalue weighted by molar-refractivity contribution is 0.944. The monoisotopic (exact) mass is 564 g/mol. The molecule has 0 atom stereocenters. The third kappa shape index (κ3) is 3.68. The quantitative estimate of drug-likeness (QED) is 0.214. The standard InChI is InChI=1S/C38H24N6/c1-4-13-25(14-5-1)35-40-36(26-15-6-2-7-16-26)42-38(41-35)44-32-23-22-31-33(34(32)29-20-12-24-39-37(29)44)28-19-10-11-21-30(28)43(31)27-17-8-3-9-18-27/h1-24H. The fourth-order valence-corrected chi connectivity index (χ4v) is 6.35. The predicted octanol–water partition coefficient (Wildman–Crippen LogP) is 8.79. The fraction of sp³-hybridized carbons (Fsp3) is 0. The maximum Gasteiger partial charge on any atom is 0.240 e. The number of pyridine rings is 1. The summed E-state index contributed by atoms with van der Waals surface area (Å²) in [6.07, 6.45) is 1.83. The maximum atomic E-state index is 5.06. The Bertz CT molecular complexity index is 2420. The van der Waals surface area contributed by atoms with Crippen LogP contribution in [-0.2, 0) is 0 Å². The fourth-order valence-electron chi connectivity index (χ4n) is 6.35. The second-order valence-corrected chi connectivity index (χ2v) is 10.8. The Labute approximate surface area is 252 Å². The van der Waals surface area contributed by atoms with E-state index in [0.717, 1.165) is 49.8 Å². The molecule has 0 radical (unpaired) electrons. The van der Waals surface area contributed by atoms with Gasteiger partial charge in [-0.25, -0.2) is 9.97 Å². The predicted molar refractivity (Wildman–Crippen MR) is 177 cm³/mol. The van der Waals surface area contributed by atoms with Gasteiger partial charge in [0.05, 0.1) is 16.6 Å². The van der Waals surface area contributed by atoms with E-state index in [9.17, 15) is 0 Å². The van der Waals surface area contributed by atoms with Crippen molar-refractivity contribution < 1.29 is 0 Å². The van der Waals surface area contributed by atoms with Crippen molar-refractivity contribution in [3.8, 4) is 34.4 Å². The van der Waals surface area contributed by atoms with Crippen LogP contribution in [0.3, 0.4) is 0 Å². The van der Waals surface area contributed by atoms with Crippen LogP contribution in [0.4, 0.5) is 0 Å². The summed E-state index contributed by atoms with van der Waals surface area (Å²) in [5.74, 6) is 1.76. The molecule has 0 fully saturated rings. The van der Waals surface area contributed by atoms with E-state index in [2.05, 4.69) is 81.9 Å². The van der Waals surface area contributed by atoms with Crippen LogP contribution < -0.4 is 0 Å². The molecule has 5 aromatic carbocycles. The van der Waals surface area contributed by atoms with Gasteiger partial charge in [0.1, 0.15) is 5.65 Å². The highest BCUT2D eigenvalue weighted by Crippen LogP contribution is 2.41. The minimum absolute atomic E-state index is 0.530. The van der Waals surface area contributed by atoms with Gasteiger partial charge >= 0.3 is 0 Å². The molecule has 0 saturated carbocycles. The first-order valence-corrected chi connectivity index (χ1v) is 14.6. The first kappa shape index (κ1) is 24.5. The average molecular weight is 565 g/mol. The minimum Gasteiger partial charge on any atom is -0.309 e. The number of hydrogen-bond acceptors (Lipinski definition) is 4. The molecule has 0 spiro atoms. The number of aromatic nitrogens is 6. The van der Waals surface area contributed by atoms with Crippen LogP contribution >= 0.6 is 0 Å². The van der Waals surface area contributed by atoms with Crippen LogP contribution in [0.15, 0.2) is 146 Å². The molecule has 0 aliphatic rings. The summed E-state index contributed by atoms with van der Waals surface area (Å²) in [4.78, 5) is 19.9. The van der Waals surface area contributed by atoms with Crippen LogP contribution in [0.2, 0.25) is 0 Å². The van der Waals surface area contributed by atoms with Crippen molar-refractivity contribution in [1.29, 1.82) is 0 Å². The number of hydrogen-bond donors (Lipinski definition) is 0. The normalized spacial score (nSPS) is 11.6. The highest BCUT2D eigenvalue weighted by Gasteiger charge is 2.23. The highest BCUT2D eigenvalue weighted by atomic mass is 15.2. The van der Waals surface area contributed by atoms with Crippen molar-refractivity contribution >= 4 is 43.7 Å². The molecule has 206 valence electrons. The van der Waals surface area contributed by atoms with Crippen LogP contribution in [0.25, 0.3) is 78.2 Å². The summed E-state index contributed by atoms with van der Waals surface area (Å²) in [5, 5.41) is 4.54. The summed E-state index contributed by atoms with van der Waals surface area (Å²) in [6, 6.07) is 47.8. The Hall–Kier alpha value is -6.14. The van der Waals surface area contributed by atoms with Crippen molar-refractivity contribution in [2.24, 2.45) is 0 Å². The molecular formula is C38H24N6. The summed E-state index contributed by atoms with van der Waals surface area (Å²) >= 11 is 0. The van der Waals surface area contributed by atoms with Gasteiger partial charge in [0.25, 0.3) is 0 Å². The van der Waals surface area contributed by atoms with Gasteiger partial charge in [-0.3, -0.25) is 4.57 Å². The third-order valence-electron chi connectivity index (χ3n) is 8.23. The van der Waals surface area contributed by atoms with Gasteiger partial charge < -0.3 is 4.57 Å². The van der Waals surface area contributed by atoms with Crippen LogP contribution in [-0.4, -0.2) is 29.1 Å². The van der Waals surface area contributed by atoms with E-state index in [0.29, 0.717) is 17.6 Å². The molecule has 0 amide bonds. The van der Waals surface area contributed by atoms with E-state index in [1.807, 2.05) is 72.9 Å². The maximum absolute atomic E-state index is 5.06. The molecule has 9 rings (SSSR count). The lowest BCUT2D eigenvalue weighted by Gasteiger charge is -2.10. The van der Waals surface area contributed by atoms with Gasteiger partial charge in [0, 0.05) is 44.6 Å². The van der Waals surface area contributed by atoms with Gasteiger partial charge in [-0.2, -0.15) is 9.97 Å². The molecule has 0 aliphatic heterocycles. The average Bonchev–Trinajstić information content (AvgIpc) is 3.62. The van der Waals surface area contributed by atoms with Crippen molar-refractivity contribution in [1.82, 2.24) is 29.1 Å². The highest BCUT2D eigenvalue weighted by molar-refractivity contribution is 6.28. The zero-order valence-corrected chi connectivity index (χ0v) is 23.5. The molecule has 44 heavy (non-hydrogen) atoms. The Balaban J connectivity index is 1.41. The smallest absolute Gasteiger partial charge is 0.240 e. The van der Waals surface area contributed by atoms with E-state index < -0.39 is 0 Å². The molecule has 0 N–H and O–H groups in total. The third-order valence-corrected chi connectivity index (χ3v) is 8.23. The Morgan fingerprint density at radius 1 is 0.409 bits per heavy atom. The molecule has 6 heteroatoms. The Morgan fingerprint density at radius 3 is 1.64 bits per heavy atom. The minimum atomic E-state index is 0.530. The van der Waals surface area contributed by atoms with E-state index in [4.69, 9.17) is 19.9 Å². The van der Waals surface area contributed by atoms with Gasteiger partial charge in [-0.05, 0) is 42.5 Å². The molecule has 0 aliphatic carbocycles. The van der Waals surface area contributed by atoms with Crippen molar-refractivity contribution in [3.63, 3.8) is 0 Å². The van der Waals surface area contributed by atoms with E-state index >= 15 is 0 Å². The van der Waals surface area contributed by atoms with Crippen molar-refractivity contribution in [3.05, 3.63) is 146 Å². The molecule has 0 unspecified atom stereocenters. The molecule has 4 aromatic heterocycles. The lowest BCUT2D eigenvalue weighted by Crippen LogP contribution is -2.06. The van der Waals surface area contributed by atoms with Gasteiger partial charge in [-0.1, -0.05) is 97.1 Å². The van der Waals surface area contributed by atoms with Gasteiger partial charge in [0.15, 0.2) is 11.6 Å². The molecule has 6 nitrogen and oxygen atoms in total. The second kappa shape index (κ2) is 9.71. The van der Waals surface area contributed by atoms with E-state index in [1.54, 1.807) is 0 Å². The molecule has 9 aromatic rings. The topological polar surface area (TPSA) is 61.4 Å². The Morgan fingerprint density at radius 2 is 0.955 bits per heavy atom. The Kier molecular flexibility index (Phi) is 5.40. The number of para-hydroxylation sites is 2. The largest absolute Gasteiger partial charge is 0.309 e. The summed E-state index contributed by atoms with van der Waals surface area (Å²) < 4.78 is 4.42. The zero-order valence-electron chi connectivity index (χ0n) is 23.5. The molecule has 4 heterocycles. The van der Waals surface area contributed by atoms with Crippen LogP contribution in [0.5, 0.6) is 0 Å².